The Morgan fingerprint density at radius 1 is 1.03 bits per heavy atom. The molecule has 7 heteroatoms. The Labute approximate surface area is 195 Å². The minimum absolute atomic E-state index is 0.0344. The fraction of sp³-hybridized carbons (Fsp3) is 0.185. The highest BCUT2D eigenvalue weighted by molar-refractivity contribution is 6.51. The van der Waals surface area contributed by atoms with Gasteiger partial charge in [0.25, 0.3) is 11.7 Å². The van der Waals surface area contributed by atoms with Gasteiger partial charge in [-0.25, -0.2) is 8.78 Å². The van der Waals surface area contributed by atoms with Gasteiger partial charge in [0.1, 0.15) is 23.1 Å². The lowest BCUT2D eigenvalue weighted by Gasteiger charge is -2.25. The van der Waals surface area contributed by atoms with Gasteiger partial charge in [0.05, 0.1) is 18.2 Å². The number of aliphatic hydroxyl groups is 1. The highest BCUT2D eigenvalue weighted by Crippen LogP contribution is 2.43. The van der Waals surface area contributed by atoms with E-state index in [0.29, 0.717) is 17.9 Å². The van der Waals surface area contributed by atoms with Gasteiger partial charge >= 0.3 is 0 Å². The van der Waals surface area contributed by atoms with Crippen molar-refractivity contribution in [3.05, 3.63) is 101 Å². The normalized spacial score (nSPS) is 17.3. The predicted molar refractivity (Wildman–Crippen MR) is 125 cm³/mol. The third-order valence-electron chi connectivity index (χ3n) is 5.66. The van der Waals surface area contributed by atoms with Crippen molar-refractivity contribution >= 4 is 23.1 Å². The highest BCUT2D eigenvalue weighted by atomic mass is 19.1. The van der Waals surface area contributed by atoms with Crippen molar-refractivity contribution < 1.29 is 28.2 Å². The van der Waals surface area contributed by atoms with Crippen molar-refractivity contribution in [2.75, 3.05) is 11.5 Å². The topological polar surface area (TPSA) is 66.8 Å². The summed E-state index contributed by atoms with van der Waals surface area (Å²) in [5.41, 5.74) is 1.01. The fourth-order valence-electron chi connectivity index (χ4n) is 4.02. The molecule has 0 bridgehead atoms. The van der Waals surface area contributed by atoms with E-state index in [1.807, 2.05) is 6.92 Å². The zero-order chi connectivity index (χ0) is 24.4. The van der Waals surface area contributed by atoms with E-state index in [-0.39, 0.29) is 16.8 Å². The molecule has 1 N–H and O–H groups in total. The number of carbonyl (C=O) groups is 2. The van der Waals surface area contributed by atoms with Crippen molar-refractivity contribution in [1.29, 1.82) is 0 Å². The van der Waals surface area contributed by atoms with E-state index in [1.54, 1.807) is 31.2 Å². The first kappa shape index (κ1) is 23.2. The van der Waals surface area contributed by atoms with Gasteiger partial charge in [-0.05, 0) is 67.4 Å². The van der Waals surface area contributed by atoms with Crippen LogP contribution in [0.4, 0.5) is 14.5 Å². The molecule has 0 saturated carbocycles. The van der Waals surface area contributed by atoms with Crippen LogP contribution in [0.5, 0.6) is 5.75 Å². The molecule has 34 heavy (non-hydrogen) atoms. The third-order valence-corrected chi connectivity index (χ3v) is 5.66. The molecule has 3 aromatic rings. The smallest absolute Gasteiger partial charge is 0.300 e. The maximum Gasteiger partial charge on any atom is 0.300 e. The number of aliphatic hydroxyl groups excluding tert-OH is 1. The van der Waals surface area contributed by atoms with Crippen LogP contribution in [0.2, 0.25) is 0 Å². The number of hydrogen-bond acceptors (Lipinski definition) is 4. The van der Waals surface area contributed by atoms with Crippen molar-refractivity contribution in [3.8, 4) is 5.75 Å². The molecule has 174 valence electrons. The Bertz CT molecular complexity index is 1280. The summed E-state index contributed by atoms with van der Waals surface area (Å²) in [7, 11) is 0. The van der Waals surface area contributed by atoms with Gasteiger partial charge in [-0.2, -0.15) is 0 Å². The van der Waals surface area contributed by atoms with Crippen LogP contribution in [0.3, 0.4) is 0 Å². The number of halogens is 2. The second-order valence-corrected chi connectivity index (χ2v) is 8.00. The molecule has 1 aliphatic heterocycles. The summed E-state index contributed by atoms with van der Waals surface area (Å²) in [5, 5.41) is 11.2. The van der Waals surface area contributed by atoms with Gasteiger partial charge in [-0.1, -0.05) is 25.1 Å². The molecule has 4 rings (SSSR count). The van der Waals surface area contributed by atoms with Crippen molar-refractivity contribution in [1.82, 2.24) is 0 Å². The minimum Gasteiger partial charge on any atom is -0.507 e. The van der Waals surface area contributed by atoms with Crippen LogP contribution in [0.1, 0.15) is 36.1 Å². The van der Waals surface area contributed by atoms with E-state index in [1.165, 1.54) is 30.3 Å². The molecule has 0 radical (unpaired) electrons. The quantitative estimate of drug-likeness (QED) is 0.290. The lowest BCUT2D eigenvalue weighted by atomic mass is 9.94. The van der Waals surface area contributed by atoms with Crippen LogP contribution in [0.25, 0.3) is 5.76 Å². The van der Waals surface area contributed by atoms with Gasteiger partial charge in [0.2, 0.25) is 0 Å². The molecule has 5 nitrogen and oxygen atoms in total. The van der Waals surface area contributed by atoms with Gasteiger partial charge in [0, 0.05) is 16.8 Å². The van der Waals surface area contributed by atoms with E-state index in [0.717, 1.165) is 29.0 Å². The summed E-state index contributed by atoms with van der Waals surface area (Å²) in [6, 6.07) is 14.3. The molecule has 1 unspecified atom stereocenters. The molecule has 0 spiro atoms. The molecular weight excluding hydrogens is 440 g/mol. The van der Waals surface area contributed by atoms with Crippen molar-refractivity contribution in [2.24, 2.45) is 0 Å². The zero-order valence-corrected chi connectivity index (χ0v) is 18.7. The summed E-state index contributed by atoms with van der Waals surface area (Å²) in [4.78, 5) is 27.3. The SMILES string of the molecule is CCCOc1ccc(/C(O)=C2\C(=O)C(=O)N(c3ccc(F)cc3)C2c2ccccc2F)cc1C. The summed E-state index contributed by atoms with van der Waals surface area (Å²) in [5.74, 6) is -2.87. The molecule has 1 fully saturated rings. The van der Waals surface area contributed by atoms with Crippen LogP contribution in [-0.4, -0.2) is 23.4 Å². The molecular formula is C27H23F2NO4. The molecule has 3 aromatic carbocycles. The first-order valence-electron chi connectivity index (χ1n) is 10.9. The standard InChI is InChI=1S/C27H23F2NO4/c1-3-14-34-22-13-8-17(15-16(22)2)25(31)23-24(20-6-4-5-7-21(20)29)30(27(33)26(23)32)19-11-9-18(28)10-12-19/h4-13,15,24,31H,3,14H2,1-2H3/b25-23+. The van der Waals surface area contributed by atoms with Crippen LogP contribution < -0.4 is 9.64 Å². The number of amides is 1. The molecule has 1 aliphatic rings. The van der Waals surface area contributed by atoms with Crippen LogP contribution in [0.15, 0.2) is 72.3 Å². The number of anilines is 1. The number of rotatable bonds is 6. The first-order chi connectivity index (χ1) is 16.3. The maximum atomic E-state index is 14.9. The van der Waals surface area contributed by atoms with Gasteiger partial charge in [0.15, 0.2) is 0 Å². The maximum absolute atomic E-state index is 14.9. The molecule has 1 amide bonds. The Balaban J connectivity index is 1.89. The summed E-state index contributed by atoms with van der Waals surface area (Å²) in [6.07, 6.45) is 0.830. The molecule has 1 atom stereocenters. The van der Waals surface area contributed by atoms with E-state index in [9.17, 15) is 23.5 Å². The Morgan fingerprint density at radius 2 is 1.74 bits per heavy atom. The molecule has 0 aromatic heterocycles. The monoisotopic (exact) mass is 463 g/mol. The van der Waals surface area contributed by atoms with Gasteiger partial charge in [-0.15, -0.1) is 0 Å². The van der Waals surface area contributed by atoms with Crippen molar-refractivity contribution in [3.63, 3.8) is 0 Å². The Hall–Kier alpha value is -4.00. The van der Waals surface area contributed by atoms with Crippen molar-refractivity contribution in [2.45, 2.75) is 26.3 Å². The largest absolute Gasteiger partial charge is 0.507 e. The predicted octanol–water partition coefficient (Wildman–Crippen LogP) is 5.69. The van der Waals surface area contributed by atoms with Crippen LogP contribution in [0, 0.1) is 18.6 Å². The molecule has 0 aliphatic carbocycles. The lowest BCUT2D eigenvalue weighted by molar-refractivity contribution is -0.132. The fourth-order valence-corrected chi connectivity index (χ4v) is 4.02. The Kier molecular flexibility index (Phi) is 6.45. The second kappa shape index (κ2) is 9.47. The Morgan fingerprint density at radius 3 is 2.38 bits per heavy atom. The average Bonchev–Trinajstić information content (AvgIpc) is 3.09. The van der Waals surface area contributed by atoms with E-state index in [4.69, 9.17) is 4.74 Å². The number of aryl methyl sites for hydroxylation is 1. The van der Waals surface area contributed by atoms with Crippen LogP contribution >= 0.6 is 0 Å². The summed E-state index contributed by atoms with van der Waals surface area (Å²) < 4.78 is 34.1. The number of ether oxygens (including phenoxy) is 1. The number of Topliss-reactive ketones (excluding diaryl/α,β-unsaturated/α-hetero) is 1. The molecule has 1 saturated heterocycles. The molecule has 1 heterocycles. The number of nitrogens with zero attached hydrogens (tertiary/aromatic N) is 1. The highest BCUT2D eigenvalue weighted by Gasteiger charge is 2.47. The van der Waals surface area contributed by atoms with Crippen LogP contribution in [-0.2, 0) is 9.59 Å². The van der Waals surface area contributed by atoms with E-state index < -0.39 is 35.1 Å². The number of benzene rings is 3. The number of carbonyl (C=O) groups excluding carboxylic acids is 2. The van der Waals surface area contributed by atoms with Gasteiger partial charge in [-0.3, -0.25) is 14.5 Å². The first-order valence-corrected chi connectivity index (χ1v) is 10.9. The number of ketones is 1. The number of hydrogen-bond donors (Lipinski definition) is 1. The average molecular weight is 463 g/mol. The lowest BCUT2D eigenvalue weighted by Crippen LogP contribution is -2.29. The summed E-state index contributed by atoms with van der Waals surface area (Å²) >= 11 is 0. The third kappa shape index (κ3) is 4.17. The van der Waals surface area contributed by atoms with Gasteiger partial charge < -0.3 is 9.84 Å². The second-order valence-electron chi connectivity index (χ2n) is 8.00. The zero-order valence-electron chi connectivity index (χ0n) is 18.7. The van der Waals surface area contributed by atoms with E-state index >= 15 is 0 Å². The summed E-state index contributed by atoms with van der Waals surface area (Å²) in [6.45, 7) is 4.31. The minimum atomic E-state index is -1.23. The van der Waals surface area contributed by atoms with E-state index in [2.05, 4.69) is 0 Å².